The second-order valence-corrected chi connectivity index (χ2v) is 4.20. The van der Waals surface area contributed by atoms with Crippen LogP contribution in [0.15, 0.2) is 54.6 Å². The van der Waals surface area contributed by atoms with Crippen molar-refractivity contribution in [2.75, 3.05) is 13.2 Å². The number of hydrogen-bond acceptors (Lipinski definition) is 4. The van der Waals surface area contributed by atoms with Crippen LogP contribution in [-0.2, 0) is 0 Å². The normalized spacial score (nSPS) is 11.4. The maximum absolute atomic E-state index is 9.80. The van der Waals surface area contributed by atoms with E-state index < -0.39 is 6.10 Å². The highest BCUT2D eigenvalue weighted by molar-refractivity contribution is 5.42. The van der Waals surface area contributed by atoms with Crippen LogP contribution in [0.2, 0.25) is 0 Å². The molecule has 0 heterocycles. The lowest BCUT2D eigenvalue weighted by atomic mass is 10.2. The quantitative estimate of drug-likeness (QED) is 0.874. The minimum Gasteiger partial charge on any atom is -0.491 e. The first-order valence-electron chi connectivity index (χ1n) is 6.27. The minimum absolute atomic E-state index is 0.0749. The van der Waals surface area contributed by atoms with Crippen molar-refractivity contribution >= 4 is 0 Å². The van der Waals surface area contributed by atoms with Gasteiger partial charge in [-0.1, -0.05) is 30.3 Å². The van der Waals surface area contributed by atoms with Crippen LogP contribution in [0, 0.1) is 11.3 Å². The van der Waals surface area contributed by atoms with Gasteiger partial charge in [-0.15, -0.1) is 0 Å². The molecule has 4 nitrogen and oxygen atoms in total. The zero-order chi connectivity index (χ0) is 14.2. The van der Waals surface area contributed by atoms with Gasteiger partial charge in [0.1, 0.15) is 36.9 Å². The Kier molecular flexibility index (Phi) is 4.99. The van der Waals surface area contributed by atoms with Crippen LogP contribution in [0.3, 0.4) is 0 Å². The van der Waals surface area contributed by atoms with Gasteiger partial charge in [0.05, 0.1) is 5.56 Å². The van der Waals surface area contributed by atoms with Crippen LogP contribution in [0.25, 0.3) is 0 Å². The monoisotopic (exact) mass is 269 g/mol. The molecule has 0 aliphatic carbocycles. The first kappa shape index (κ1) is 13.9. The number of hydrogen-bond donors (Lipinski definition) is 1. The fraction of sp³-hybridized carbons (Fsp3) is 0.188. The lowest BCUT2D eigenvalue weighted by molar-refractivity contribution is 0.0625. The summed E-state index contributed by atoms with van der Waals surface area (Å²) in [7, 11) is 0. The SMILES string of the molecule is N#Cc1ccccc1OCC(O)COc1ccccc1. The highest BCUT2D eigenvalue weighted by Crippen LogP contribution is 2.16. The summed E-state index contributed by atoms with van der Waals surface area (Å²) in [6, 6.07) is 18.2. The van der Waals surface area contributed by atoms with Crippen LogP contribution in [0.1, 0.15) is 5.56 Å². The largest absolute Gasteiger partial charge is 0.491 e. The van der Waals surface area contributed by atoms with Crippen molar-refractivity contribution in [1.29, 1.82) is 5.26 Å². The molecule has 1 atom stereocenters. The molecule has 4 heteroatoms. The molecule has 0 radical (unpaired) electrons. The van der Waals surface area contributed by atoms with Crippen LogP contribution in [-0.4, -0.2) is 24.4 Å². The van der Waals surface area contributed by atoms with Gasteiger partial charge < -0.3 is 14.6 Å². The molecule has 0 aliphatic heterocycles. The van der Waals surface area contributed by atoms with Crippen LogP contribution >= 0.6 is 0 Å². The number of aliphatic hydroxyl groups excluding tert-OH is 1. The van der Waals surface area contributed by atoms with Crippen molar-refractivity contribution in [2.45, 2.75) is 6.10 Å². The Bertz CT molecular complexity index is 578. The Labute approximate surface area is 117 Å². The number of nitrogens with zero attached hydrogens (tertiary/aromatic N) is 1. The lowest BCUT2D eigenvalue weighted by Gasteiger charge is -2.14. The van der Waals surface area contributed by atoms with Gasteiger partial charge in [0.2, 0.25) is 0 Å². The first-order chi connectivity index (χ1) is 9.79. The fourth-order valence-corrected chi connectivity index (χ4v) is 1.63. The van der Waals surface area contributed by atoms with E-state index in [0.29, 0.717) is 17.1 Å². The highest BCUT2D eigenvalue weighted by atomic mass is 16.5. The summed E-state index contributed by atoms with van der Waals surface area (Å²) in [4.78, 5) is 0. The second kappa shape index (κ2) is 7.17. The number of rotatable bonds is 6. The molecule has 1 N–H and O–H groups in total. The molecule has 0 amide bonds. The summed E-state index contributed by atoms with van der Waals surface area (Å²) >= 11 is 0. The Balaban J connectivity index is 1.81. The zero-order valence-electron chi connectivity index (χ0n) is 10.9. The maximum Gasteiger partial charge on any atom is 0.137 e. The fourth-order valence-electron chi connectivity index (χ4n) is 1.63. The minimum atomic E-state index is -0.762. The van der Waals surface area contributed by atoms with Crippen LogP contribution in [0.5, 0.6) is 11.5 Å². The van der Waals surface area contributed by atoms with Crippen molar-refractivity contribution in [2.24, 2.45) is 0 Å². The predicted molar refractivity (Wildman–Crippen MR) is 74.6 cm³/mol. The summed E-state index contributed by atoms with van der Waals surface area (Å²) in [6.45, 7) is 0.213. The van der Waals surface area contributed by atoms with Crippen molar-refractivity contribution in [3.05, 3.63) is 60.2 Å². The van der Waals surface area contributed by atoms with E-state index in [0.717, 1.165) is 0 Å². The summed E-state index contributed by atoms with van der Waals surface area (Å²) in [5.41, 5.74) is 0.448. The zero-order valence-corrected chi connectivity index (χ0v) is 10.9. The molecular weight excluding hydrogens is 254 g/mol. The van der Waals surface area contributed by atoms with Gasteiger partial charge >= 0.3 is 0 Å². The maximum atomic E-state index is 9.80. The van der Waals surface area contributed by atoms with E-state index in [4.69, 9.17) is 14.7 Å². The molecule has 1 unspecified atom stereocenters. The van der Waals surface area contributed by atoms with E-state index in [1.807, 2.05) is 36.4 Å². The van der Waals surface area contributed by atoms with E-state index in [1.54, 1.807) is 24.3 Å². The van der Waals surface area contributed by atoms with Crippen LogP contribution < -0.4 is 9.47 Å². The topological polar surface area (TPSA) is 62.5 Å². The molecule has 2 aromatic rings. The first-order valence-corrected chi connectivity index (χ1v) is 6.27. The van der Waals surface area contributed by atoms with E-state index >= 15 is 0 Å². The summed E-state index contributed by atoms with van der Waals surface area (Å²) in [5, 5.41) is 18.7. The third-order valence-corrected chi connectivity index (χ3v) is 2.62. The molecule has 0 saturated carbocycles. The Morgan fingerprint density at radius 1 is 0.950 bits per heavy atom. The standard InChI is InChI=1S/C16H15NO3/c17-10-13-6-4-5-9-16(13)20-12-14(18)11-19-15-7-2-1-3-8-15/h1-9,14,18H,11-12H2. The molecule has 0 aliphatic rings. The van der Waals surface area contributed by atoms with Crippen molar-refractivity contribution in [3.63, 3.8) is 0 Å². The second-order valence-electron chi connectivity index (χ2n) is 4.20. The van der Waals surface area contributed by atoms with Gasteiger partial charge in [-0.05, 0) is 24.3 Å². The molecule has 2 aromatic carbocycles. The van der Waals surface area contributed by atoms with Gasteiger partial charge in [0.15, 0.2) is 0 Å². The van der Waals surface area contributed by atoms with Crippen molar-refractivity contribution < 1.29 is 14.6 Å². The number of nitriles is 1. The molecule has 2 rings (SSSR count). The molecular formula is C16H15NO3. The predicted octanol–water partition coefficient (Wildman–Crippen LogP) is 2.38. The summed E-state index contributed by atoms with van der Waals surface area (Å²) in [5.74, 6) is 1.16. The van der Waals surface area contributed by atoms with Gasteiger partial charge in [-0.2, -0.15) is 5.26 Å². The molecule has 0 spiro atoms. The molecule has 0 saturated heterocycles. The smallest absolute Gasteiger partial charge is 0.137 e. The molecule has 0 aromatic heterocycles. The molecule has 0 bridgehead atoms. The average Bonchev–Trinajstić information content (AvgIpc) is 2.52. The Hall–Kier alpha value is -2.51. The molecule has 102 valence electrons. The van der Waals surface area contributed by atoms with Crippen molar-refractivity contribution in [3.8, 4) is 17.6 Å². The van der Waals surface area contributed by atoms with E-state index in [-0.39, 0.29) is 13.2 Å². The van der Waals surface area contributed by atoms with Crippen molar-refractivity contribution in [1.82, 2.24) is 0 Å². The summed E-state index contributed by atoms with van der Waals surface area (Å²) < 4.78 is 10.8. The van der Waals surface area contributed by atoms with Gasteiger partial charge in [0.25, 0.3) is 0 Å². The third-order valence-electron chi connectivity index (χ3n) is 2.62. The summed E-state index contributed by atoms with van der Waals surface area (Å²) in [6.07, 6.45) is -0.762. The lowest BCUT2D eigenvalue weighted by Crippen LogP contribution is -2.25. The van der Waals surface area contributed by atoms with Gasteiger partial charge in [-0.25, -0.2) is 0 Å². The molecule has 0 fully saturated rings. The number of aliphatic hydroxyl groups is 1. The van der Waals surface area contributed by atoms with Crippen LogP contribution in [0.4, 0.5) is 0 Å². The highest BCUT2D eigenvalue weighted by Gasteiger charge is 2.08. The average molecular weight is 269 g/mol. The number of benzene rings is 2. The van der Waals surface area contributed by atoms with Gasteiger partial charge in [0, 0.05) is 0 Å². The van der Waals surface area contributed by atoms with E-state index in [1.165, 1.54) is 0 Å². The Morgan fingerprint density at radius 2 is 1.60 bits per heavy atom. The Morgan fingerprint density at radius 3 is 2.35 bits per heavy atom. The number of para-hydroxylation sites is 2. The third kappa shape index (κ3) is 4.01. The van der Waals surface area contributed by atoms with E-state index in [2.05, 4.69) is 0 Å². The molecule has 20 heavy (non-hydrogen) atoms. The van der Waals surface area contributed by atoms with E-state index in [9.17, 15) is 5.11 Å². The van der Waals surface area contributed by atoms with Gasteiger partial charge in [-0.3, -0.25) is 0 Å². The number of ether oxygens (including phenoxy) is 2.